The van der Waals surface area contributed by atoms with Crippen molar-refractivity contribution in [3.8, 4) is 0 Å². The smallest absolute Gasteiger partial charge is 0.315 e. The lowest BCUT2D eigenvalue weighted by atomic mass is 9.85. The van der Waals surface area contributed by atoms with Crippen LogP contribution in [-0.2, 0) is 0 Å². The number of rotatable bonds is 5. The van der Waals surface area contributed by atoms with E-state index in [0.717, 1.165) is 44.7 Å². The molecule has 3 N–H and O–H groups in total. The van der Waals surface area contributed by atoms with Gasteiger partial charge in [-0.25, -0.2) is 4.79 Å². The van der Waals surface area contributed by atoms with E-state index in [1.807, 2.05) is 0 Å². The first-order valence-electron chi connectivity index (χ1n) is 8.99. The summed E-state index contributed by atoms with van der Waals surface area (Å²) in [7, 11) is 0. The highest BCUT2D eigenvalue weighted by Crippen LogP contribution is 2.23. The van der Waals surface area contributed by atoms with Gasteiger partial charge in [-0.1, -0.05) is 19.8 Å². The van der Waals surface area contributed by atoms with Gasteiger partial charge < -0.3 is 15.7 Å². The molecule has 2 fully saturated rings. The molecule has 1 aliphatic carbocycles. The van der Waals surface area contributed by atoms with Crippen LogP contribution in [0.1, 0.15) is 52.4 Å². The largest absolute Gasteiger partial charge is 0.396 e. The molecule has 2 amide bonds. The summed E-state index contributed by atoms with van der Waals surface area (Å²) in [5.41, 5.74) is 0. The molecule has 5 nitrogen and oxygen atoms in total. The van der Waals surface area contributed by atoms with Crippen molar-refractivity contribution in [1.29, 1.82) is 0 Å². The number of carbonyl (C=O) groups is 1. The van der Waals surface area contributed by atoms with Crippen molar-refractivity contribution in [3.63, 3.8) is 0 Å². The average molecular weight is 311 g/mol. The Balaban J connectivity index is 1.68. The van der Waals surface area contributed by atoms with Gasteiger partial charge in [0.1, 0.15) is 0 Å². The van der Waals surface area contributed by atoms with Crippen molar-refractivity contribution < 1.29 is 9.90 Å². The number of likely N-dealkylation sites (tertiary alicyclic amines) is 1. The standard InChI is InChI=1S/C17H33N3O2/c1-13-7-9-20(10-8-13)14(2)11-18-17(22)19-16-6-4-3-5-15(16)12-21/h13-16,21H,3-12H2,1-2H3,(H2,18,19,22). The van der Waals surface area contributed by atoms with E-state index in [9.17, 15) is 9.90 Å². The summed E-state index contributed by atoms with van der Waals surface area (Å²) >= 11 is 0. The van der Waals surface area contributed by atoms with Gasteiger partial charge in [-0.15, -0.1) is 0 Å². The predicted molar refractivity (Wildman–Crippen MR) is 88.8 cm³/mol. The summed E-state index contributed by atoms with van der Waals surface area (Å²) in [6.45, 7) is 7.65. The summed E-state index contributed by atoms with van der Waals surface area (Å²) in [5.74, 6) is 1.06. The maximum atomic E-state index is 12.1. The number of nitrogens with one attached hydrogen (secondary N) is 2. The van der Waals surface area contributed by atoms with Crippen LogP contribution < -0.4 is 10.6 Å². The highest BCUT2D eigenvalue weighted by atomic mass is 16.3. The predicted octanol–water partition coefficient (Wildman–Crippen LogP) is 1.96. The summed E-state index contributed by atoms with van der Waals surface area (Å²) in [4.78, 5) is 14.6. The van der Waals surface area contributed by atoms with Crippen LogP contribution in [0, 0.1) is 11.8 Å². The molecular weight excluding hydrogens is 278 g/mol. The number of aliphatic hydroxyl groups is 1. The molecule has 0 aromatic carbocycles. The van der Waals surface area contributed by atoms with E-state index < -0.39 is 0 Å². The summed E-state index contributed by atoms with van der Waals surface area (Å²) in [6.07, 6.45) is 6.83. The van der Waals surface area contributed by atoms with Gasteiger partial charge in [0.2, 0.25) is 0 Å². The third-order valence-corrected chi connectivity index (χ3v) is 5.46. The average Bonchev–Trinajstić information content (AvgIpc) is 2.54. The first-order chi connectivity index (χ1) is 10.6. The molecular formula is C17H33N3O2. The summed E-state index contributed by atoms with van der Waals surface area (Å²) < 4.78 is 0. The van der Waals surface area contributed by atoms with Crippen LogP contribution in [0.15, 0.2) is 0 Å². The zero-order valence-corrected chi connectivity index (χ0v) is 14.2. The van der Waals surface area contributed by atoms with Crippen LogP contribution in [0.2, 0.25) is 0 Å². The van der Waals surface area contributed by atoms with E-state index in [-0.39, 0.29) is 24.6 Å². The maximum absolute atomic E-state index is 12.1. The summed E-state index contributed by atoms with van der Waals surface area (Å²) in [6, 6.07) is 0.436. The van der Waals surface area contributed by atoms with Crippen LogP contribution in [-0.4, -0.2) is 54.4 Å². The highest BCUT2D eigenvalue weighted by molar-refractivity contribution is 5.74. The molecule has 0 spiro atoms. The number of nitrogens with zero attached hydrogens (tertiary/aromatic N) is 1. The number of hydrogen-bond acceptors (Lipinski definition) is 3. The zero-order chi connectivity index (χ0) is 15.9. The van der Waals surface area contributed by atoms with Gasteiger partial charge in [-0.2, -0.15) is 0 Å². The first-order valence-corrected chi connectivity index (χ1v) is 8.99. The van der Waals surface area contributed by atoms with E-state index in [4.69, 9.17) is 0 Å². The quantitative estimate of drug-likeness (QED) is 0.727. The van der Waals surface area contributed by atoms with Crippen molar-refractivity contribution in [1.82, 2.24) is 15.5 Å². The Kier molecular flexibility index (Phi) is 6.96. The van der Waals surface area contributed by atoms with Gasteiger partial charge in [0.15, 0.2) is 0 Å². The fourth-order valence-electron chi connectivity index (χ4n) is 3.67. The van der Waals surface area contributed by atoms with Crippen LogP contribution in [0.3, 0.4) is 0 Å². The fraction of sp³-hybridized carbons (Fsp3) is 0.941. The monoisotopic (exact) mass is 311 g/mol. The lowest BCUT2D eigenvalue weighted by molar-refractivity contribution is 0.141. The Bertz CT molecular complexity index is 343. The maximum Gasteiger partial charge on any atom is 0.315 e. The molecule has 1 saturated heterocycles. The second kappa shape index (κ2) is 8.73. The number of hydrogen-bond donors (Lipinski definition) is 3. The van der Waals surface area contributed by atoms with E-state index in [1.54, 1.807) is 0 Å². The van der Waals surface area contributed by atoms with Crippen LogP contribution in [0.25, 0.3) is 0 Å². The molecule has 0 aromatic rings. The van der Waals surface area contributed by atoms with Crippen LogP contribution in [0.4, 0.5) is 4.79 Å². The van der Waals surface area contributed by atoms with Crippen LogP contribution in [0.5, 0.6) is 0 Å². The van der Waals surface area contributed by atoms with Gasteiger partial charge >= 0.3 is 6.03 Å². The third-order valence-electron chi connectivity index (χ3n) is 5.46. The summed E-state index contributed by atoms with van der Waals surface area (Å²) in [5, 5.41) is 15.5. The SMILES string of the molecule is CC1CCN(C(C)CNC(=O)NC2CCCCC2CO)CC1. The second-order valence-corrected chi connectivity index (χ2v) is 7.26. The minimum absolute atomic E-state index is 0.0809. The lowest BCUT2D eigenvalue weighted by Crippen LogP contribution is -2.51. The van der Waals surface area contributed by atoms with Gasteiger partial charge in [-0.3, -0.25) is 4.90 Å². The van der Waals surface area contributed by atoms with E-state index >= 15 is 0 Å². The molecule has 0 radical (unpaired) electrons. The van der Waals surface area contributed by atoms with E-state index in [2.05, 4.69) is 29.4 Å². The minimum atomic E-state index is -0.0809. The van der Waals surface area contributed by atoms with Crippen molar-refractivity contribution in [2.45, 2.75) is 64.5 Å². The number of piperidine rings is 1. The molecule has 2 rings (SSSR count). The minimum Gasteiger partial charge on any atom is -0.396 e. The normalized spacial score (nSPS) is 29.0. The van der Waals surface area contributed by atoms with Gasteiger partial charge in [0, 0.05) is 31.2 Å². The van der Waals surface area contributed by atoms with Gasteiger partial charge in [-0.05, 0) is 51.6 Å². The first kappa shape index (κ1) is 17.5. The molecule has 128 valence electrons. The zero-order valence-electron chi connectivity index (χ0n) is 14.2. The number of amides is 2. The van der Waals surface area contributed by atoms with Gasteiger partial charge in [0.05, 0.1) is 0 Å². The van der Waals surface area contributed by atoms with Crippen LogP contribution >= 0.6 is 0 Å². The fourth-order valence-corrected chi connectivity index (χ4v) is 3.67. The molecule has 0 aromatic heterocycles. The van der Waals surface area contributed by atoms with Crippen molar-refractivity contribution >= 4 is 6.03 Å². The Morgan fingerprint density at radius 2 is 1.91 bits per heavy atom. The lowest BCUT2D eigenvalue weighted by Gasteiger charge is -2.35. The highest BCUT2D eigenvalue weighted by Gasteiger charge is 2.26. The topological polar surface area (TPSA) is 64.6 Å². The molecule has 22 heavy (non-hydrogen) atoms. The molecule has 0 bridgehead atoms. The van der Waals surface area contributed by atoms with Crippen molar-refractivity contribution in [3.05, 3.63) is 0 Å². The van der Waals surface area contributed by atoms with E-state index in [0.29, 0.717) is 12.6 Å². The molecule has 1 aliphatic heterocycles. The Labute approximate surface area is 134 Å². The number of carbonyl (C=O) groups excluding carboxylic acids is 1. The molecule has 1 heterocycles. The van der Waals surface area contributed by atoms with Crippen molar-refractivity contribution in [2.24, 2.45) is 11.8 Å². The molecule has 3 atom stereocenters. The number of aliphatic hydroxyl groups excluding tert-OH is 1. The molecule has 2 aliphatic rings. The van der Waals surface area contributed by atoms with Gasteiger partial charge in [0.25, 0.3) is 0 Å². The van der Waals surface area contributed by atoms with E-state index in [1.165, 1.54) is 12.8 Å². The van der Waals surface area contributed by atoms with Crippen molar-refractivity contribution in [2.75, 3.05) is 26.2 Å². The molecule has 1 saturated carbocycles. The Hall–Kier alpha value is -0.810. The molecule has 5 heteroatoms. The third kappa shape index (κ3) is 5.13. The Morgan fingerprint density at radius 1 is 1.23 bits per heavy atom. The Morgan fingerprint density at radius 3 is 2.59 bits per heavy atom. The second-order valence-electron chi connectivity index (χ2n) is 7.26. The number of urea groups is 1. The molecule has 3 unspecified atom stereocenters.